The van der Waals surface area contributed by atoms with Crippen molar-refractivity contribution in [2.24, 2.45) is 0 Å². The Morgan fingerprint density at radius 1 is 1.26 bits per heavy atom. The highest BCUT2D eigenvalue weighted by atomic mass is 32.2. The lowest BCUT2D eigenvalue weighted by molar-refractivity contribution is 0.0472. The van der Waals surface area contributed by atoms with Crippen molar-refractivity contribution in [1.29, 1.82) is 0 Å². The first-order chi connectivity index (χ1) is 10.9. The molecular weight excluding hydrogens is 316 g/mol. The zero-order valence-corrected chi connectivity index (χ0v) is 14.0. The molecule has 23 heavy (non-hydrogen) atoms. The molecule has 0 bridgehead atoms. The van der Waals surface area contributed by atoms with Gasteiger partial charge in [-0.15, -0.1) is 0 Å². The minimum absolute atomic E-state index is 0.00908. The molecule has 1 aromatic carbocycles. The number of hydrogen-bond donors (Lipinski definition) is 0. The molecule has 124 valence electrons. The molecule has 1 aromatic heterocycles. The Kier molecular flexibility index (Phi) is 5.54. The second kappa shape index (κ2) is 7.41. The van der Waals surface area contributed by atoms with Gasteiger partial charge >= 0.3 is 5.97 Å². The van der Waals surface area contributed by atoms with Gasteiger partial charge in [-0.1, -0.05) is 30.3 Å². The van der Waals surface area contributed by atoms with Crippen LogP contribution in [0, 0.1) is 0 Å². The molecule has 0 aliphatic carbocycles. The lowest BCUT2D eigenvalue weighted by Gasteiger charge is -2.07. The Hall–Kier alpha value is -2.15. The van der Waals surface area contributed by atoms with Crippen molar-refractivity contribution in [3.05, 3.63) is 53.9 Å². The van der Waals surface area contributed by atoms with Gasteiger partial charge in [0.25, 0.3) is 0 Å². The molecule has 7 heteroatoms. The zero-order chi connectivity index (χ0) is 16.9. The highest BCUT2D eigenvalue weighted by molar-refractivity contribution is 7.91. The number of carbonyl (C=O) groups excluding carboxylic acids is 1. The fourth-order valence-electron chi connectivity index (χ4n) is 1.85. The van der Waals surface area contributed by atoms with Gasteiger partial charge in [0.05, 0.1) is 29.3 Å². The topological polar surface area (TPSA) is 78.3 Å². The number of rotatable bonds is 7. The van der Waals surface area contributed by atoms with Gasteiger partial charge in [-0.3, -0.25) is 4.68 Å². The fraction of sp³-hybridized carbons (Fsp3) is 0.375. The summed E-state index contributed by atoms with van der Waals surface area (Å²) in [5.74, 6) is -0.489. The normalized spacial score (nSPS) is 11.6. The van der Waals surface area contributed by atoms with Gasteiger partial charge in [-0.25, -0.2) is 13.2 Å². The standard InChI is InChI=1S/C16H20N2O4S/c1-13(2)23(20,21)9-8-18-11-15(10-17-18)16(19)22-12-14-6-4-3-5-7-14/h3-7,10-11,13H,8-9,12H2,1-2H3. The van der Waals surface area contributed by atoms with Gasteiger partial charge in [-0.05, 0) is 19.4 Å². The van der Waals surface area contributed by atoms with Crippen LogP contribution < -0.4 is 0 Å². The molecule has 0 radical (unpaired) electrons. The van der Waals surface area contributed by atoms with Crippen LogP contribution in [0.25, 0.3) is 0 Å². The van der Waals surface area contributed by atoms with Crippen molar-refractivity contribution in [2.45, 2.75) is 32.2 Å². The summed E-state index contributed by atoms with van der Waals surface area (Å²) in [5, 5.41) is 3.58. The highest BCUT2D eigenvalue weighted by Crippen LogP contribution is 2.07. The van der Waals surface area contributed by atoms with Crippen molar-refractivity contribution < 1.29 is 17.9 Å². The van der Waals surface area contributed by atoms with Crippen LogP contribution in [0.1, 0.15) is 29.8 Å². The summed E-state index contributed by atoms with van der Waals surface area (Å²) < 4.78 is 30.2. The van der Waals surface area contributed by atoms with E-state index in [1.807, 2.05) is 30.3 Å². The van der Waals surface area contributed by atoms with Crippen LogP contribution in [-0.2, 0) is 27.7 Å². The summed E-state index contributed by atoms with van der Waals surface area (Å²) in [4.78, 5) is 11.9. The molecule has 0 unspecified atom stereocenters. The third-order valence-electron chi connectivity index (χ3n) is 3.40. The van der Waals surface area contributed by atoms with E-state index in [2.05, 4.69) is 5.10 Å². The molecule has 0 aliphatic rings. The summed E-state index contributed by atoms with van der Waals surface area (Å²) in [7, 11) is -3.13. The molecule has 0 fully saturated rings. The first-order valence-corrected chi connectivity index (χ1v) is 9.05. The number of nitrogens with zero attached hydrogens (tertiary/aromatic N) is 2. The maximum atomic E-state index is 11.9. The number of ether oxygens (including phenoxy) is 1. The van der Waals surface area contributed by atoms with Gasteiger partial charge in [0.2, 0.25) is 0 Å². The number of sulfone groups is 1. The molecule has 1 heterocycles. The number of carbonyl (C=O) groups is 1. The molecule has 0 aliphatic heterocycles. The van der Waals surface area contributed by atoms with E-state index in [1.165, 1.54) is 17.1 Å². The van der Waals surface area contributed by atoms with E-state index < -0.39 is 21.1 Å². The minimum Gasteiger partial charge on any atom is -0.457 e. The number of esters is 1. The smallest absolute Gasteiger partial charge is 0.341 e. The number of aryl methyl sites for hydroxylation is 1. The summed E-state index contributed by atoms with van der Waals surface area (Å²) >= 11 is 0. The van der Waals surface area contributed by atoms with Crippen LogP contribution in [0.3, 0.4) is 0 Å². The third-order valence-corrected chi connectivity index (χ3v) is 5.59. The maximum absolute atomic E-state index is 11.9. The number of benzene rings is 1. The van der Waals surface area contributed by atoms with Crippen molar-refractivity contribution in [3.63, 3.8) is 0 Å². The van der Waals surface area contributed by atoms with Gasteiger partial charge in [0, 0.05) is 6.20 Å². The quantitative estimate of drug-likeness (QED) is 0.723. The summed E-state index contributed by atoms with van der Waals surface area (Å²) in [5.41, 5.74) is 1.21. The predicted molar refractivity (Wildman–Crippen MR) is 86.7 cm³/mol. The minimum atomic E-state index is -3.13. The first kappa shape index (κ1) is 17.2. The van der Waals surface area contributed by atoms with E-state index in [9.17, 15) is 13.2 Å². The Labute approximate surface area is 136 Å². The Morgan fingerprint density at radius 2 is 1.96 bits per heavy atom. The van der Waals surface area contributed by atoms with Crippen LogP contribution in [0.5, 0.6) is 0 Å². The van der Waals surface area contributed by atoms with Crippen LogP contribution in [0.2, 0.25) is 0 Å². The molecule has 0 N–H and O–H groups in total. The van der Waals surface area contributed by atoms with Crippen molar-refractivity contribution >= 4 is 15.8 Å². The number of aromatic nitrogens is 2. The lowest BCUT2D eigenvalue weighted by Crippen LogP contribution is -2.21. The third kappa shape index (κ3) is 4.92. The van der Waals surface area contributed by atoms with E-state index in [1.54, 1.807) is 13.8 Å². The Morgan fingerprint density at radius 3 is 2.61 bits per heavy atom. The van der Waals surface area contributed by atoms with E-state index in [-0.39, 0.29) is 18.9 Å². The number of hydrogen-bond acceptors (Lipinski definition) is 5. The van der Waals surface area contributed by atoms with Gasteiger partial charge in [0.15, 0.2) is 9.84 Å². The molecular formula is C16H20N2O4S. The van der Waals surface area contributed by atoms with E-state index >= 15 is 0 Å². The van der Waals surface area contributed by atoms with Crippen molar-refractivity contribution in [3.8, 4) is 0 Å². The fourth-order valence-corrected chi connectivity index (χ4v) is 2.77. The first-order valence-electron chi connectivity index (χ1n) is 7.33. The predicted octanol–water partition coefficient (Wildman–Crippen LogP) is 2.06. The molecule has 2 aromatic rings. The van der Waals surface area contributed by atoms with Crippen LogP contribution >= 0.6 is 0 Å². The SMILES string of the molecule is CC(C)S(=O)(=O)CCn1cc(C(=O)OCc2ccccc2)cn1. The molecule has 0 saturated carbocycles. The highest BCUT2D eigenvalue weighted by Gasteiger charge is 2.17. The summed E-state index contributed by atoms with van der Waals surface area (Å²) in [6.07, 6.45) is 2.89. The maximum Gasteiger partial charge on any atom is 0.341 e. The molecule has 2 rings (SSSR count). The summed E-state index contributed by atoms with van der Waals surface area (Å²) in [6, 6.07) is 9.37. The second-order valence-corrected chi connectivity index (χ2v) is 8.15. The van der Waals surface area contributed by atoms with Crippen molar-refractivity contribution in [2.75, 3.05) is 5.75 Å². The Bertz CT molecular complexity index is 751. The average molecular weight is 336 g/mol. The molecule has 0 saturated heterocycles. The van der Waals surface area contributed by atoms with E-state index in [0.29, 0.717) is 5.56 Å². The van der Waals surface area contributed by atoms with E-state index in [4.69, 9.17) is 4.74 Å². The Balaban J connectivity index is 1.90. The van der Waals surface area contributed by atoms with Gasteiger partial charge < -0.3 is 4.74 Å². The van der Waals surface area contributed by atoms with Crippen molar-refractivity contribution in [1.82, 2.24) is 9.78 Å². The molecule has 0 amide bonds. The average Bonchev–Trinajstić information content (AvgIpc) is 3.01. The molecule has 0 atom stereocenters. The van der Waals surface area contributed by atoms with Crippen LogP contribution in [0.4, 0.5) is 0 Å². The second-order valence-electron chi connectivity index (χ2n) is 5.47. The molecule has 6 nitrogen and oxygen atoms in total. The monoisotopic (exact) mass is 336 g/mol. The van der Waals surface area contributed by atoms with E-state index in [0.717, 1.165) is 5.56 Å². The molecule has 0 spiro atoms. The van der Waals surface area contributed by atoms with Gasteiger partial charge in [-0.2, -0.15) is 5.10 Å². The zero-order valence-electron chi connectivity index (χ0n) is 13.2. The van der Waals surface area contributed by atoms with Gasteiger partial charge in [0.1, 0.15) is 6.61 Å². The van der Waals surface area contributed by atoms with Crippen LogP contribution in [-0.4, -0.2) is 35.2 Å². The summed E-state index contributed by atoms with van der Waals surface area (Å²) in [6.45, 7) is 3.69. The van der Waals surface area contributed by atoms with Crippen LogP contribution in [0.15, 0.2) is 42.7 Å². The lowest BCUT2D eigenvalue weighted by atomic mass is 10.2. The largest absolute Gasteiger partial charge is 0.457 e.